The second-order valence-electron chi connectivity index (χ2n) is 7.30. The number of hydrogen-bond acceptors (Lipinski definition) is 6. The van der Waals surface area contributed by atoms with Gasteiger partial charge in [-0.1, -0.05) is 24.3 Å². The molecule has 4 rings (SSSR count). The quantitative estimate of drug-likeness (QED) is 0.292. The number of benzene rings is 3. The Morgan fingerprint density at radius 3 is 1.73 bits per heavy atom. The normalized spacial score (nSPS) is 14.9. The predicted molar refractivity (Wildman–Crippen MR) is 126 cm³/mol. The Bertz CT molecular complexity index is 1280. The first kappa shape index (κ1) is 21.8. The van der Waals surface area contributed by atoms with E-state index in [1.807, 2.05) is 24.3 Å². The molecule has 0 radical (unpaired) electrons. The lowest BCUT2D eigenvalue weighted by Crippen LogP contribution is -1.97. The van der Waals surface area contributed by atoms with Crippen LogP contribution in [-0.2, 0) is 4.79 Å². The van der Waals surface area contributed by atoms with Crippen LogP contribution < -0.4 is 14.2 Å². The molecule has 0 spiro atoms. The van der Waals surface area contributed by atoms with Crippen LogP contribution in [0.1, 0.15) is 22.3 Å². The van der Waals surface area contributed by atoms with Gasteiger partial charge < -0.3 is 14.2 Å². The van der Waals surface area contributed by atoms with Gasteiger partial charge in [-0.3, -0.25) is 14.9 Å². The number of ketones is 1. The van der Waals surface area contributed by atoms with Gasteiger partial charge in [0.1, 0.15) is 0 Å². The van der Waals surface area contributed by atoms with Crippen LogP contribution in [0.3, 0.4) is 0 Å². The molecule has 0 aromatic heterocycles. The van der Waals surface area contributed by atoms with Gasteiger partial charge in [0.2, 0.25) is 5.75 Å². The Morgan fingerprint density at radius 1 is 0.758 bits per heavy atom. The number of nitro groups is 1. The fourth-order valence-electron chi connectivity index (χ4n) is 3.84. The van der Waals surface area contributed by atoms with Crippen LogP contribution in [0.4, 0.5) is 5.69 Å². The van der Waals surface area contributed by atoms with Crippen LogP contribution in [-0.4, -0.2) is 32.0 Å². The summed E-state index contributed by atoms with van der Waals surface area (Å²) in [6.45, 7) is 0. The summed E-state index contributed by atoms with van der Waals surface area (Å²) in [5.41, 5.74) is 4.10. The summed E-state index contributed by atoms with van der Waals surface area (Å²) in [5.74, 6) is 1.32. The molecule has 3 aromatic rings. The van der Waals surface area contributed by atoms with Crippen LogP contribution in [0.15, 0.2) is 60.7 Å². The number of hydrogen-bond donors (Lipinski definition) is 0. The molecule has 0 bridgehead atoms. The lowest BCUT2D eigenvalue weighted by molar-refractivity contribution is -0.384. The number of carbonyl (C=O) groups is 1. The molecule has 0 fully saturated rings. The average molecular weight is 443 g/mol. The Hall–Kier alpha value is -4.39. The van der Waals surface area contributed by atoms with Crippen LogP contribution in [0.25, 0.3) is 23.3 Å². The molecule has 3 aromatic carbocycles. The molecule has 1 aliphatic carbocycles. The van der Waals surface area contributed by atoms with Crippen LogP contribution in [0.5, 0.6) is 17.2 Å². The van der Waals surface area contributed by atoms with E-state index in [4.69, 9.17) is 14.2 Å². The molecule has 0 aliphatic heterocycles. The van der Waals surface area contributed by atoms with E-state index in [1.54, 1.807) is 36.4 Å². The fraction of sp³-hybridized carbons (Fsp3) is 0.115. The second kappa shape index (κ2) is 9.00. The van der Waals surface area contributed by atoms with E-state index in [0.29, 0.717) is 34.0 Å². The Kier molecular flexibility index (Phi) is 5.95. The minimum absolute atomic E-state index is 0.00159. The zero-order chi connectivity index (χ0) is 23.5. The summed E-state index contributed by atoms with van der Waals surface area (Å²) in [4.78, 5) is 23.9. The number of allylic oxidation sites excluding steroid dienone is 2. The zero-order valence-electron chi connectivity index (χ0n) is 18.3. The molecular weight excluding hydrogens is 422 g/mol. The molecule has 0 atom stereocenters. The third-order valence-electron chi connectivity index (χ3n) is 5.41. The number of carbonyl (C=O) groups excluding carboxylic acids is 1. The highest BCUT2D eigenvalue weighted by Gasteiger charge is 2.29. The van der Waals surface area contributed by atoms with Crippen molar-refractivity contribution >= 4 is 34.8 Å². The van der Waals surface area contributed by atoms with Gasteiger partial charge in [0.15, 0.2) is 17.3 Å². The monoisotopic (exact) mass is 443 g/mol. The number of non-ortho nitro benzene ring substituents is 1. The number of nitrogens with zero attached hydrogens (tertiary/aromatic N) is 1. The number of methoxy groups -OCH3 is 3. The smallest absolute Gasteiger partial charge is 0.269 e. The summed E-state index contributed by atoms with van der Waals surface area (Å²) in [5, 5.41) is 10.9. The molecule has 7 nitrogen and oxygen atoms in total. The molecule has 0 unspecified atom stereocenters. The molecule has 7 heteroatoms. The lowest BCUT2D eigenvalue weighted by atomic mass is 10.0. The predicted octanol–water partition coefficient (Wildman–Crippen LogP) is 5.28. The molecule has 0 N–H and O–H groups in total. The van der Waals surface area contributed by atoms with Gasteiger partial charge in [-0.05, 0) is 58.7 Å². The van der Waals surface area contributed by atoms with Crippen molar-refractivity contribution in [3.63, 3.8) is 0 Å². The third kappa shape index (κ3) is 4.08. The molecule has 0 saturated carbocycles. The van der Waals surface area contributed by atoms with Gasteiger partial charge in [-0.2, -0.15) is 0 Å². The van der Waals surface area contributed by atoms with E-state index in [1.165, 1.54) is 33.5 Å². The number of ether oxygens (including phenoxy) is 3. The molecular formula is C26H21NO6. The first-order chi connectivity index (χ1) is 16.0. The van der Waals surface area contributed by atoms with E-state index in [0.717, 1.165) is 16.7 Å². The Labute approximate surface area is 190 Å². The highest BCUT2D eigenvalue weighted by molar-refractivity contribution is 6.51. The number of nitro benzene ring substituents is 1. The minimum Gasteiger partial charge on any atom is -0.493 e. The van der Waals surface area contributed by atoms with E-state index in [-0.39, 0.29) is 11.5 Å². The van der Waals surface area contributed by atoms with Crippen molar-refractivity contribution < 1.29 is 23.9 Å². The largest absolute Gasteiger partial charge is 0.493 e. The Balaban J connectivity index is 1.81. The van der Waals surface area contributed by atoms with E-state index in [2.05, 4.69) is 0 Å². The summed E-state index contributed by atoms with van der Waals surface area (Å²) in [6, 6.07) is 17.2. The van der Waals surface area contributed by atoms with Crippen molar-refractivity contribution in [1.82, 2.24) is 0 Å². The first-order valence-electron chi connectivity index (χ1n) is 10.1. The van der Waals surface area contributed by atoms with Gasteiger partial charge in [-0.15, -0.1) is 0 Å². The van der Waals surface area contributed by atoms with Crippen molar-refractivity contribution in [2.75, 3.05) is 21.3 Å². The zero-order valence-corrected chi connectivity index (χ0v) is 18.3. The number of Topliss-reactive ketones (excluding diaryl/α,β-unsaturated/α-hetero) is 1. The summed E-state index contributed by atoms with van der Waals surface area (Å²) in [7, 11) is 4.61. The molecule has 0 amide bonds. The highest BCUT2D eigenvalue weighted by Crippen LogP contribution is 2.42. The molecule has 1 aliphatic rings. The summed E-state index contributed by atoms with van der Waals surface area (Å²) >= 11 is 0. The number of fused-ring (bicyclic) bond motifs is 1. The van der Waals surface area contributed by atoms with Crippen molar-refractivity contribution in [2.24, 2.45) is 0 Å². The van der Waals surface area contributed by atoms with Crippen molar-refractivity contribution in [3.05, 3.63) is 93.0 Å². The van der Waals surface area contributed by atoms with E-state index >= 15 is 0 Å². The Morgan fingerprint density at radius 2 is 1.27 bits per heavy atom. The molecule has 166 valence electrons. The van der Waals surface area contributed by atoms with Crippen molar-refractivity contribution in [2.45, 2.75) is 0 Å². The number of rotatable bonds is 6. The van der Waals surface area contributed by atoms with E-state index in [9.17, 15) is 14.9 Å². The van der Waals surface area contributed by atoms with Crippen molar-refractivity contribution in [1.29, 1.82) is 0 Å². The maximum Gasteiger partial charge on any atom is 0.269 e. The fourth-order valence-corrected chi connectivity index (χ4v) is 3.84. The standard InChI is InChI=1S/C26H21NO6/c1-31-23-14-17(15-24(32-2)26(23)33-3)13-22-20-7-5-4-6-19(20)21(25(22)28)12-16-8-10-18(11-9-16)27(29)30/h4-15H,1-3H3/b21-12+,22-13+. The van der Waals surface area contributed by atoms with Gasteiger partial charge in [0, 0.05) is 23.3 Å². The molecule has 0 saturated heterocycles. The van der Waals surface area contributed by atoms with Gasteiger partial charge in [-0.25, -0.2) is 0 Å². The summed E-state index contributed by atoms with van der Waals surface area (Å²) < 4.78 is 16.2. The van der Waals surface area contributed by atoms with Gasteiger partial charge >= 0.3 is 0 Å². The average Bonchev–Trinajstić information content (AvgIpc) is 3.09. The summed E-state index contributed by atoms with van der Waals surface area (Å²) in [6.07, 6.45) is 3.54. The van der Waals surface area contributed by atoms with Gasteiger partial charge in [0.05, 0.1) is 26.3 Å². The first-order valence-corrected chi connectivity index (χ1v) is 10.1. The van der Waals surface area contributed by atoms with Crippen molar-refractivity contribution in [3.8, 4) is 17.2 Å². The topological polar surface area (TPSA) is 87.9 Å². The van der Waals surface area contributed by atoms with Crippen LogP contribution in [0.2, 0.25) is 0 Å². The lowest BCUT2D eigenvalue weighted by Gasteiger charge is -2.13. The van der Waals surface area contributed by atoms with Crippen LogP contribution >= 0.6 is 0 Å². The highest BCUT2D eigenvalue weighted by atomic mass is 16.6. The van der Waals surface area contributed by atoms with Crippen LogP contribution in [0, 0.1) is 10.1 Å². The van der Waals surface area contributed by atoms with E-state index < -0.39 is 4.92 Å². The third-order valence-corrected chi connectivity index (χ3v) is 5.41. The maximum atomic E-state index is 13.4. The maximum absolute atomic E-state index is 13.4. The SMILES string of the molecule is COc1cc(/C=C2/C(=O)/C(=C/c3ccc([N+](=O)[O-])cc3)c3ccccc32)cc(OC)c1OC. The minimum atomic E-state index is -0.453. The molecule has 33 heavy (non-hydrogen) atoms. The second-order valence-corrected chi connectivity index (χ2v) is 7.30. The van der Waals surface area contributed by atoms with Gasteiger partial charge in [0.25, 0.3) is 5.69 Å². The molecule has 0 heterocycles.